The molecule has 0 bridgehead atoms. The summed E-state index contributed by atoms with van der Waals surface area (Å²) in [4.78, 5) is 7.28. The molecule has 0 spiro atoms. The Balaban J connectivity index is 0.00000256. The van der Waals surface area contributed by atoms with E-state index in [2.05, 4.69) is 51.0 Å². The van der Waals surface area contributed by atoms with E-state index >= 15 is 0 Å². The average molecular weight is 536 g/mol. The van der Waals surface area contributed by atoms with Crippen molar-refractivity contribution in [2.75, 3.05) is 13.1 Å². The Labute approximate surface area is 221 Å². The van der Waals surface area contributed by atoms with Crippen LogP contribution in [0.2, 0.25) is 0 Å². The van der Waals surface area contributed by atoms with Crippen LogP contribution in [0.1, 0.15) is 48.8 Å². The van der Waals surface area contributed by atoms with E-state index in [0.717, 1.165) is 62.5 Å². The molecule has 0 amide bonds. The standard InChI is InChI=1S/C23H30N6.4ClH/c1-28-21(26-27-23(28)19-9-3-2-4-10-19)17-29(16-6-5-14-24)20-13-7-11-18-12-8-15-25-22(18)20;;;;/h2-4,8-10,12,15,20H,5-7,11,13-14,16-17,24H2,1H3;4*1H. The van der Waals surface area contributed by atoms with Crippen LogP contribution in [0, 0.1) is 0 Å². The van der Waals surface area contributed by atoms with Gasteiger partial charge in [0.25, 0.3) is 0 Å². The molecule has 1 aromatic carbocycles. The summed E-state index contributed by atoms with van der Waals surface area (Å²) >= 11 is 0. The molecule has 6 nitrogen and oxygen atoms in total. The lowest BCUT2D eigenvalue weighted by Crippen LogP contribution is -2.33. The maximum Gasteiger partial charge on any atom is 0.163 e. The molecule has 2 N–H and O–H groups in total. The third-order valence-electron chi connectivity index (χ3n) is 5.85. The third-order valence-corrected chi connectivity index (χ3v) is 5.85. The van der Waals surface area contributed by atoms with Gasteiger partial charge in [0.1, 0.15) is 5.82 Å². The summed E-state index contributed by atoms with van der Waals surface area (Å²) in [5, 5.41) is 9.01. The van der Waals surface area contributed by atoms with E-state index in [0.29, 0.717) is 6.04 Å². The van der Waals surface area contributed by atoms with E-state index in [9.17, 15) is 0 Å². The van der Waals surface area contributed by atoms with Gasteiger partial charge in [0, 0.05) is 18.8 Å². The quantitative estimate of drug-likeness (QED) is 0.402. The fourth-order valence-corrected chi connectivity index (χ4v) is 4.26. The number of aromatic nitrogens is 4. The van der Waals surface area contributed by atoms with Crippen LogP contribution < -0.4 is 5.73 Å². The highest BCUT2D eigenvalue weighted by Gasteiger charge is 2.28. The summed E-state index contributed by atoms with van der Waals surface area (Å²) in [6.45, 7) is 2.49. The van der Waals surface area contributed by atoms with Crippen LogP contribution >= 0.6 is 49.6 Å². The highest BCUT2D eigenvalue weighted by atomic mass is 35.5. The molecular formula is C23H34Cl4N6. The molecule has 1 aliphatic carbocycles. The molecule has 184 valence electrons. The van der Waals surface area contributed by atoms with Crippen molar-refractivity contribution in [3.63, 3.8) is 0 Å². The molecule has 1 unspecified atom stereocenters. The lowest BCUT2D eigenvalue weighted by Gasteiger charge is -2.34. The zero-order valence-electron chi connectivity index (χ0n) is 18.8. The van der Waals surface area contributed by atoms with Gasteiger partial charge in [0.05, 0.1) is 18.3 Å². The normalized spacial score (nSPS) is 14.2. The number of hydrogen-bond acceptors (Lipinski definition) is 5. The van der Waals surface area contributed by atoms with E-state index < -0.39 is 0 Å². The average Bonchev–Trinajstić information content (AvgIpc) is 3.13. The first kappa shape index (κ1) is 31.6. The Kier molecular flexibility index (Phi) is 14.8. The van der Waals surface area contributed by atoms with Crippen LogP contribution in [0.4, 0.5) is 0 Å². The van der Waals surface area contributed by atoms with Gasteiger partial charge in [0.2, 0.25) is 0 Å². The molecule has 0 aliphatic heterocycles. The Morgan fingerprint density at radius 3 is 2.48 bits per heavy atom. The molecule has 1 aliphatic rings. The molecule has 1 atom stereocenters. The first-order valence-corrected chi connectivity index (χ1v) is 10.6. The Bertz CT molecular complexity index is 938. The van der Waals surface area contributed by atoms with Crippen molar-refractivity contribution in [2.24, 2.45) is 12.8 Å². The van der Waals surface area contributed by atoms with Gasteiger partial charge in [-0.15, -0.1) is 59.8 Å². The van der Waals surface area contributed by atoms with Gasteiger partial charge in [-0.25, -0.2) is 0 Å². The predicted molar refractivity (Wildman–Crippen MR) is 144 cm³/mol. The summed E-state index contributed by atoms with van der Waals surface area (Å²) in [5.74, 6) is 1.89. The summed E-state index contributed by atoms with van der Waals surface area (Å²) in [6, 6.07) is 14.8. The van der Waals surface area contributed by atoms with Gasteiger partial charge >= 0.3 is 0 Å². The highest BCUT2D eigenvalue weighted by molar-refractivity contribution is 5.86. The Morgan fingerprint density at radius 1 is 1.00 bits per heavy atom. The van der Waals surface area contributed by atoms with Crippen LogP contribution in [-0.4, -0.2) is 37.7 Å². The number of nitrogens with two attached hydrogens (primary N) is 1. The van der Waals surface area contributed by atoms with Crippen LogP contribution in [-0.2, 0) is 20.0 Å². The highest BCUT2D eigenvalue weighted by Crippen LogP contribution is 2.34. The van der Waals surface area contributed by atoms with E-state index in [4.69, 9.17) is 10.7 Å². The van der Waals surface area contributed by atoms with Crippen molar-refractivity contribution in [1.29, 1.82) is 0 Å². The van der Waals surface area contributed by atoms with Crippen LogP contribution in [0.3, 0.4) is 0 Å². The maximum atomic E-state index is 5.76. The summed E-state index contributed by atoms with van der Waals surface area (Å²) in [7, 11) is 2.06. The topological polar surface area (TPSA) is 72.9 Å². The fourth-order valence-electron chi connectivity index (χ4n) is 4.26. The number of fused-ring (bicyclic) bond motifs is 1. The number of rotatable bonds is 8. The minimum absolute atomic E-state index is 0. The Morgan fingerprint density at radius 2 is 1.76 bits per heavy atom. The van der Waals surface area contributed by atoms with Crippen molar-refractivity contribution in [1.82, 2.24) is 24.6 Å². The van der Waals surface area contributed by atoms with Crippen LogP contribution in [0.15, 0.2) is 48.7 Å². The van der Waals surface area contributed by atoms with E-state index in [1.54, 1.807) is 0 Å². The minimum Gasteiger partial charge on any atom is -0.330 e. The lowest BCUT2D eigenvalue weighted by atomic mass is 9.90. The van der Waals surface area contributed by atoms with Gasteiger partial charge in [0.15, 0.2) is 5.82 Å². The zero-order valence-corrected chi connectivity index (χ0v) is 22.1. The summed E-state index contributed by atoms with van der Waals surface area (Å²) in [6.07, 6.45) is 7.50. The molecule has 0 radical (unpaired) electrons. The van der Waals surface area contributed by atoms with Gasteiger partial charge in [-0.1, -0.05) is 36.4 Å². The smallest absolute Gasteiger partial charge is 0.163 e. The molecule has 10 heteroatoms. The fraction of sp³-hybridized carbons (Fsp3) is 0.435. The third kappa shape index (κ3) is 7.54. The van der Waals surface area contributed by atoms with Crippen molar-refractivity contribution < 1.29 is 0 Å². The second kappa shape index (κ2) is 15.5. The maximum absolute atomic E-state index is 5.76. The van der Waals surface area contributed by atoms with Crippen molar-refractivity contribution in [3.8, 4) is 11.4 Å². The van der Waals surface area contributed by atoms with E-state index in [-0.39, 0.29) is 49.6 Å². The molecule has 4 rings (SSSR count). The van der Waals surface area contributed by atoms with Gasteiger partial charge in [-0.05, 0) is 56.8 Å². The first-order chi connectivity index (χ1) is 14.3. The van der Waals surface area contributed by atoms with E-state index in [1.165, 1.54) is 17.7 Å². The van der Waals surface area contributed by atoms with Crippen LogP contribution in [0.25, 0.3) is 11.4 Å². The van der Waals surface area contributed by atoms with Crippen molar-refractivity contribution in [2.45, 2.75) is 44.7 Å². The second-order valence-electron chi connectivity index (χ2n) is 7.79. The number of hydrogen-bond donors (Lipinski definition) is 1. The Hall–Kier alpha value is -1.41. The predicted octanol–water partition coefficient (Wildman–Crippen LogP) is 5.18. The van der Waals surface area contributed by atoms with Gasteiger partial charge in [-0.3, -0.25) is 9.88 Å². The van der Waals surface area contributed by atoms with Gasteiger partial charge < -0.3 is 10.3 Å². The number of benzene rings is 1. The largest absolute Gasteiger partial charge is 0.330 e. The second-order valence-corrected chi connectivity index (χ2v) is 7.79. The number of halogens is 4. The first-order valence-electron chi connectivity index (χ1n) is 10.6. The van der Waals surface area contributed by atoms with Crippen LogP contribution in [0.5, 0.6) is 0 Å². The molecule has 0 fully saturated rings. The number of aryl methyl sites for hydroxylation is 1. The van der Waals surface area contributed by atoms with Gasteiger partial charge in [-0.2, -0.15) is 0 Å². The monoisotopic (exact) mass is 534 g/mol. The molecular weight excluding hydrogens is 502 g/mol. The lowest BCUT2D eigenvalue weighted by molar-refractivity contribution is 0.157. The molecule has 3 aromatic rings. The molecule has 0 saturated carbocycles. The number of pyridine rings is 1. The molecule has 2 aromatic heterocycles. The SMILES string of the molecule is Cl.Cl.Cl.Cl.Cn1c(CN(CCCCN)C2CCCc3cccnc32)nnc1-c1ccccc1. The zero-order chi connectivity index (χ0) is 20.1. The molecule has 2 heterocycles. The molecule has 33 heavy (non-hydrogen) atoms. The number of unbranched alkanes of at least 4 members (excludes halogenated alkanes) is 1. The molecule has 0 saturated heterocycles. The summed E-state index contributed by atoms with van der Waals surface area (Å²) < 4.78 is 2.12. The van der Waals surface area contributed by atoms with E-state index in [1.807, 2.05) is 24.4 Å². The number of nitrogens with zero attached hydrogens (tertiary/aromatic N) is 5. The van der Waals surface area contributed by atoms with Crippen molar-refractivity contribution >= 4 is 49.6 Å². The van der Waals surface area contributed by atoms with Crippen molar-refractivity contribution in [3.05, 3.63) is 65.7 Å². The minimum atomic E-state index is 0. The summed E-state index contributed by atoms with van der Waals surface area (Å²) in [5.41, 5.74) is 9.47.